The number of nitrogens with zero attached hydrogens (tertiary/aromatic N) is 6. The fraction of sp³-hybridized carbons (Fsp3) is 0.417. The third-order valence-electron chi connectivity index (χ3n) is 5.97. The summed E-state index contributed by atoms with van der Waals surface area (Å²) in [5.74, 6) is 0.262. The molecule has 31 heavy (non-hydrogen) atoms. The van der Waals surface area contributed by atoms with Crippen molar-refractivity contribution in [1.82, 2.24) is 24.6 Å². The molecule has 4 rings (SSSR count). The van der Waals surface area contributed by atoms with E-state index in [1.807, 2.05) is 52.9 Å². The molecule has 0 radical (unpaired) electrons. The van der Waals surface area contributed by atoms with Crippen molar-refractivity contribution >= 4 is 16.9 Å². The lowest BCUT2D eigenvalue weighted by Gasteiger charge is -2.38. The van der Waals surface area contributed by atoms with E-state index in [4.69, 9.17) is 4.98 Å². The topological polar surface area (TPSA) is 78.0 Å². The molecule has 1 atom stereocenters. The van der Waals surface area contributed by atoms with Crippen molar-refractivity contribution in [3.8, 4) is 17.3 Å². The van der Waals surface area contributed by atoms with Gasteiger partial charge >= 0.3 is 0 Å². The van der Waals surface area contributed by atoms with E-state index in [9.17, 15) is 10.1 Å². The summed E-state index contributed by atoms with van der Waals surface area (Å²) in [6, 6.07) is 14.1. The van der Waals surface area contributed by atoms with Gasteiger partial charge < -0.3 is 4.90 Å². The van der Waals surface area contributed by atoms with Crippen LogP contribution in [0.1, 0.15) is 31.1 Å². The first-order valence-corrected chi connectivity index (χ1v) is 10.9. The quantitative estimate of drug-likeness (QED) is 0.637. The minimum absolute atomic E-state index is 0.00191. The van der Waals surface area contributed by atoms with Crippen molar-refractivity contribution in [3.63, 3.8) is 0 Å². The van der Waals surface area contributed by atoms with Crippen molar-refractivity contribution in [2.45, 2.75) is 33.4 Å². The van der Waals surface area contributed by atoms with Crippen LogP contribution in [0.2, 0.25) is 0 Å². The van der Waals surface area contributed by atoms with Crippen LogP contribution in [0.5, 0.6) is 0 Å². The van der Waals surface area contributed by atoms with Gasteiger partial charge in [-0.1, -0.05) is 44.2 Å². The van der Waals surface area contributed by atoms with Crippen molar-refractivity contribution in [2.24, 2.45) is 5.92 Å². The van der Waals surface area contributed by atoms with E-state index >= 15 is 0 Å². The van der Waals surface area contributed by atoms with E-state index in [-0.39, 0.29) is 17.9 Å². The summed E-state index contributed by atoms with van der Waals surface area (Å²) in [6.45, 7) is 9.46. The molecule has 1 amide bonds. The SMILES string of the molecule is CCn1ncc2c(C(=O)N3CCN(C(C#N)C(C)C)CC3)cc(-c3ccccc3)nc21. The lowest BCUT2D eigenvalue weighted by molar-refractivity contribution is 0.0578. The number of carbonyl (C=O) groups excluding carboxylic acids is 1. The number of pyridine rings is 1. The zero-order valence-electron chi connectivity index (χ0n) is 18.3. The van der Waals surface area contributed by atoms with E-state index in [0.717, 1.165) is 22.3 Å². The summed E-state index contributed by atoms with van der Waals surface area (Å²) in [5, 5.41) is 14.7. The number of hydrogen-bond acceptors (Lipinski definition) is 5. The van der Waals surface area contributed by atoms with Gasteiger partial charge in [0.15, 0.2) is 5.65 Å². The lowest BCUT2D eigenvalue weighted by atomic mass is 10.0. The third-order valence-corrected chi connectivity index (χ3v) is 5.97. The van der Waals surface area contributed by atoms with Gasteiger partial charge in [-0.3, -0.25) is 9.69 Å². The highest BCUT2D eigenvalue weighted by atomic mass is 16.2. The first kappa shape index (κ1) is 21.0. The van der Waals surface area contributed by atoms with E-state index < -0.39 is 0 Å². The van der Waals surface area contributed by atoms with Gasteiger partial charge in [0, 0.05) is 38.3 Å². The van der Waals surface area contributed by atoms with Gasteiger partial charge in [0.2, 0.25) is 0 Å². The number of fused-ring (bicyclic) bond motifs is 1. The molecule has 3 heterocycles. The van der Waals surface area contributed by atoms with E-state index in [0.29, 0.717) is 38.3 Å². The number of nitriles is 1. The Labute approximate surface area is 182 Å². The second-order valence-corrected chi connectivity index (χ2v) is 8.26. The Balaban J connectivity index is 1.65. The number of aryl methyl sites for hydroxylation is 1. The predicted molar refractivity (Wildman–Crippen MR) is 120 cm³/mol. The number of benzene rings is 1. The van der Waals surface area contributed by atoms with Gasteiger partial charge in [0.25, 0.3) is 5.91 Å². The Kier molecular flexibility index (Phi) is 6.01. The van der Waals surface area contributed by atoms with Crippen LogP contribution in [-0.4, -0.2) is 62.7 Å². The van der Waals surface area contributed by atoms with Crippen molar-refractivity contribution in [3.05, 3.63) is 48.2 Å². The van der Waals surface area contributed by atoms with Gasteiger partial charge in [0.05, 0.1) is 28.9 Å². The maximum Gasteiger partial charge on any atom is 0.254 e. The van der Waals surface area contributed by atoms with Crippen LogP contribution in [0, 0.1) is 17.2 Å². The Morgan fingerprint density at radius 2 is 1.87 bits per heavy atom. The van der Waals surface area contributed by atoms with Gasteiger partial charge in [-0.05, 0) is 18.9 Å². The normalized spacial score (nSPS) is 15.9. The summed E-state index contributed by atoms with van der Waals surface area (Å²) in [5.41, 5.74) is 3.11. The maximum absolute atomic E-state index is 13.6. The highest BCUT2D eigenvalue weighted by molar-refractivity contribution is 6.06. The van der Waals surface area contributed by atoms with E-state index in [1.54, 1.807) is 6.20 Å². The number of carbonyl (C=O) groups is 1. The zero-order valence-corrected chi connectivity index (χ0v) is 18.3. The molecule has 0 N–H and O–H groups in total. The molecule has 1 unspecified atom stereocenters. The highest BCUT2D eigenvalue weighted by Gasteiger charge is 2.29. The summed E-state index contributed by atoms with van der Waals surface area (Å²) in [6.07, 6.45) is 1.74. The Morgan fingerprint density at radius 3 is 2.48 bits per heavy atom. The van der Waals surface area contributed by atoms with Gasteiger partial charge in [-0.15, -0.1) is 0 Å². The molecule has 0 bridgehead atoms. The highest BCUT2D eigenvalue weighted by Crippen LogP contribution is 2.26. The van der Waals surface area contributed by atoms with Crippen LogP contribution in [0.4, 0.5) is 0 Å². The van der Waals surface area contributed by atoms with E-state index in [1.165, 1.54) is 0 Å². The average Bonchev–Trinajstić information content (AvgIpc) is 3.22. The largest absolute Gasteiger partial charge is 0.336 e. The second-order valence-electron chi connectivity index (χ2n) is 8.26. The van der Waals surface area contributed by atoms with Gasteiger partial charge in [0.1, 0.15) is 6.04 Å². The van der Waals surface area contributed by atoms with Crippen LogP contribution in [0.25, 0.3) is 22.3 Å². The molecule has 1 fully saturated rings. The monoisotopic (exact) mass is 416 g/mol. The molecular weight excluding hydrogens is 388 g/mol. The predicted octanol–water partition coefficient (Wildman–Crippen LogP) is 3.42. The minimum Gasteiger partial charge on any atom is -0.336 e. The molecular formula is C24H28N6O. The maximum atomic E-state index is 13.6. The molecule has 3 aromatic rings. The van der Waals surface area contributed by atoms with Crippen molar-refractivity contribution in [1.29, 1.82) is 5.26 Å². The Bertz CT molecular complexity index is 1110. The molecule has 1 aliphatic rings. The fourth-order valence-corrected chi connectivity index (χ4v) is 4.24. The molecule has 7 heteroatoms. The lowest BCUT2D eigenvalue weighted by Crippen LogP contribution is -2.52. The summed E-state index contributed by atoms with van der Waals surface area (Å²) < 4.78 is 1.83. The number of hydrogen-bond donors (Lipinski definition) is 0. The van der Waals surface area contributed by atoms with Crippen molar-refractivity contribution < 1.29 is 4.79 Å². The molecule has 1 aliphatic heterocycles. The number of amides is 1. The van der Waals surface area contributed by atoms with Crippen LogP contribution >= 0.6 is 0 Å². The second kappa shape index (κ2) is 8.86. The van der Waals surface area contributed by atoms with Crippen LogP contribution in [0.3, 0.4) is 0 Å². The van der Waals surface area contributed by atoms with Gasteiger partial charge in [-0.25, -0.2) is 9.67 Å². The first-order chi connectivity index (χ1) is 15.0. The Hall–Kier alpha value is -3.24. The van der Waals surface area contributed by atoms with Crippen molar-refractivity contribution in [2.75, 3.05) is 26.2 Å². The van der Waals surface area contributed by atoms with Crippen LogP contribution in [0.15, 0.2) is 42.6 Å². The first-order valence-electron chi connectivity index (χ1n) is 10.9. The van der Waals surface area contributed by atoms with E-state index in [2.05, 4.69) is 29.9 Å². The number of rotatable bonds is 5. The number of piperazine rings is 1. The zero-order chi connectivity index (χ0) is 22.0. The fourth-order valence-electron chi connectivity index (χ4n) is 4.24. The molecule has 7 nitrogen and oxygen atoms in total. The molecule has 1 saturated heterocycles. The smallest absolute Gasteiger partial charge is 0.254 e. The number of aromatic nitrogens is 3. The summed E-state index contributed by atoms with van der Waals surface area (Å²) in [7, 11) is 0. The minimum atomic E-state index is -0.114. The van der Waals surface area contributed by atoms with Gasteiger partial charge in [-0.2, -0.15) is 10.4 Å². The standard InChI is InChI=1S/C24H28N6O/c1-4-30-23-20(16-26-30)19(14-21(27-23)18-8-6-5-7-9-18)24(31)29-12-10-28(11-13-29)22(15-25)17(2)3/h5-9,14,16-17,22H,4,10-13H2,1-3H3. The van der Waals surface area contributed by atoms with Crippen LogP contribution < -0.4 is 0 Å². The molecule has 0 saturated carbocycles. The molecule has 160 valence electrons. The molecule has 1 aromatic carbocycles. The summed E-state index contributed by atoms with van der Waals surface area (Å²) >= 11 is 0. The third kappa shape index (κ3) is 4.04. The Morgan fingerprint density at radius 1 is 1.16 bits per heavy atom. The summed E-state index contributed by atoms with van der Waals surface area (Å²) in [4.78, 5) is 22.4. The average molecular weight is 417 g/mol. The molecule has 2 aromatic heterocycles. The molecule has 0 spiro atoms. The van der Waals surface area contributed by atoms with Crippen LogP contribution in [-0.2, 0) is 6.54 Å². The molecule has 0 aliphatic carbocycles.